The van der Waals surface area contributed by atoms with Gasteiger partial charge >= 0.3 is 5.97 Å². The Morgan fingerprint density at radius 2 is 2.00 bits per heavy atom. The number of carboxylic acid groups (broad SMARTS) is 1. The first-order chi connectivity index (χ1) is 12.4. The van der Waals surface area contributed by atoms with Crippen molar-refractivity contribution in [3.05, 3.63) is 59.4 Å². The second-order valence-corrected chi connectivity index (χ2v) is 8.13. The van der Waals surface area contributed by atoms with Crippen molar-refractivity contribution in [2.75, 3.05) is 0 Å². The van der Waals surface area contributed by atoms with E-state index in [0.717, 1.165) is 18.4 Å². The molecule has 0 amide bonds. The summed E-state index contributed by atoms with van der Waals surface area (Å²) in [7, 11) is -3.52. The summed E-state index contributed by atoms with van der Waals surface area (Å²) in [6.07, 6.45) is 9.59. The van der Waals surface area contributed by atoms with Crippen molar-refractivity contribution in [2.24, 2.45) is 0 Å². The highest BCUT2D eigenvalue weighted by Crippen LogP contribution is 2.23. The molecule has 0 aliphatic heterocycles. The normalized spacial score (nSPS) is 17.6. The smallest absolute Gasteiger partial charge is 0.303 e. The maximum Gasteiger partial charge on any atom is 0.303 e. The number of carbonyl (C=O) groups is 1. The van der Waals surface area contributed by atoms with Crippen molar-refractivity contribution in [3.8, 4) is 0 Å². The van der Waals surface area contributed by atoms with E-state index in [1.165, 1.54) is 24.3 Å². The third kappa shape index (κ3) is 7.09. The van der Waals surface area contributed by atoms with Gasteiger partial charge in [-0.25, -0.2) is 17.5 Å². The Morgan fingerprint density at radius 3 is 2.69 bits per heavy atom. The Labute approximate surface area is 153 Å². The van der Waals surface area contributed by atoms with E-state index >= 15 is 0 Å². The predicted molar refractivity (Wildman–Crippen MR) is 98.5 cm³/mol. The molecule has 2 N–H and O–H groups in total. The first-order valence-electron chi connectivity index (χ1n) is 8.66. The number of carboxylic acids is 1. The summed E-state index contributed by atoms with van der Waals surface area (Å²) in [4.78, 5) is 10.4. The third-order valence-electron chi connectivity index (χ3n) is 4.18. The molecule has 2 rings (SSSR count). The summed E-state index contributed by atoms with van der Waals surface area (Å²) in [5.41, 5.74) is 1.57. The van der Waals surface area contributed by atoms with Gasteiger partial charge in [-0.1, -0.05) is 35.9 Å². The number of unbranched alkanes of at least 4 members (excludes halogenated alkanes) is 1. The number of allylic oxidation sites excluding steroid dienone is 3. The highest BCUT2D eigenvalue weighted by Gasteiger charge is 2.23. The van der Waals surface area contributed by atoms with Crippen LogP contribution in [0.4, 0.5) is 4.39 Å². The van der Waals surface area contributed by atoms with Crippen LogP contribution in [0, 0.1) is 5.82 Å². The van der Waals surface area contributed by atoms with Crippen molar-refractivity contribution < 1.29 is 22.7 Å². The zero-order valence-corrected chi connectivity index (χ0v) is 15.3. The molecule has 0 radical (unpaired) electrons. The van der Waals surface area contributed by atoms with Crippen LogP contribution in [0.2, 0.25) is 0 Å². The lowest BCUT2D eigenvalue weighted by Gasteiger charge is -2.16. The van der Waals surface area contributed by atoms with E-state index < -0.39 is 21.8 Å². The second kappa shape index (κ2) is 9.64. The minimum Gasteiger partial charge on any atom is -0.481 e. The Balaban J connectivity index is 1.83. The molecule has 1 aliphatic rings. The summed E-state index contributed by atoms with van der Waals surface area (Å²) >= 11 is 0. The maximum absolute atomic E-state index is 12.9. The van der Waals surface area contributed by atoms with Gasteiger partial charge in [0.2, 0.25) is 10.0 Å². The minimum absolute atomic E-state index is 0.152. The number of aliphatic carboxylic acids is 1. The molecule has 0 fully saturated rings. The molecule has 0 saturated heterocycles. The molecular formula is C19H24FNO4S. The fourth-order valence-electron chi connectivity index (χ4n) is 2.89. The van der Waals surface area contributed by atoms with Crippen LogP contribution in [0.1, 0.15) is 44.1 Å². The maximum atomic E-state index is 12.9. The van der Waals surface area contributed by atoms with Gasteiger partial charge in [0.15, 0.2) is 0 Å². The molecule has 0 bridgehead atoms. The van der Waals surface area contributed by atoms with Crippen LogP contribution in [0.3, 0.4) is 0 Å². The van der Waals surface area contributed by atoms with E-state index in [2.05, 4.69) is 4.72 Å². The van der Waals surface area contributed by atoms with E-state index in [1.807, 2.05) is 18.2 Å². The minimum atomic E-state index is -3.52. The molecule has 1 aliphatic carbocycles. The zero-order chi connectivity index (χ0) is 19.0. The molecule has 1 aromatic carbocycles. The van der Waals surface area contributed by atoms with Crippen LogP contribution in [-0.4, -0.2) is 25.5 Å². The Morgan fingerprint density at radius 1 is 1.27 bits per heavy atom. The van der Waals surface area contributed by atoms with E-state index in [4.69, 9.17) is 5.11 Å². The first-order valence-corrected chi connectivity index (χ1v) is 10.3. The summed E-state index contributed by atoms with van der Waals surface area (Å²) < 4.78 is 40.4. The molecule has 0 heterocycles. The molecule has 1 atom stereocenters. The summed E-state index contributed by atoms with van der Waals surface area (Å²) in [5.74, 6) is -1.37. The average molecular weight is 381 g/mol. The van der Waals surface area contributed by atoms with E-state index in [1.54, 1.807) is 0 Å². The SMILES string of the molecule is O=C(O)CCC/C=C\CC1=CCC[C@@H]1NS(=O)(=O)Cc1ccc(F)cc1. The van der Waals surface area contributed by atoms with E-state index in [-0.39, 0.29) is 18.2 Å². The zero-order valence-electron chi connectivity index (χ0n) is 14.5. The molecule has 0 aromatic heterocycles. The van der Waals surface area contributed by atoms with Crippen molar-refractivity contribution >= 4 is 16.0 Å². The molecule has 0 unspecified atom stereocenters. The lowest BCUT2D eigenvalue weighted by Crippen LogP contribution is -2.35. The Hall–Kier alpha value is -1.99. The monoisotopic (exact) mass is 381 g/mol. The van der Waals surface area contributed by atoms with Gasteiger partial charge in [0.25, 0.3) is 0 Å². The largest absolute Gasteiger partial charge is 0.481 e. The molecular weight excluding hydrogens is 357 g/mol. The second-order valence-electron chi connectivity index (χ2n) is 6.37. The number of nitrogens with one attached hydrogen (secondary N) is 1. The van der Waals surface area contributed by atoms with Gasteiger partial charge in [0.05, 0.1) is 5.75 Å². The van der Waals surface area contributed by atoms with E-state index in [9.17, 15) is 17.6 Å². The van der Waals surface area contributed by atoms with Crippen LogP contribution in [0.25, 0.3) is 0 Å². The van der Waals surface area contributed by atoms with Crippen molar-refractivity contribution in [3.63, 3.8) is 0 Å². The van der Waals surface area contributed by atoms with Crippen LogP contribution in [0.15, 0.2) is 48.1 Å². The van der Waals surface area contributed by atoms with Crippen molar-refractivity contribution in [1.29, 1.82) is 0 Å². The van der Waals surface area contributed by atoms with Gasteiger partial charge in [0, 0.05) is 12.5 Å². The summed E-state index contributed by atoms with van der Waals surface area (Å²) in [6.45, 7) is 0. The summed E-state index contributed by atoms with van der Waals surface area (Å²) in [6, 6.07) is 5.23. The Kier molecular flexibility index (Phi) is 7.53. The van der Waals surface area contributed by atoms with Crippen molar-refractivity contribution in [2.45, 2.75) is 50.3 Å². The number of rotatable bonds is 10. The van der Waals surface area contributed by atoms with Crippen LogP contribution in [0.5, 0.6) is 0 Å². The molecule has 1 aromatic rings. The van der Waals surface area contributed by atoms with Gasteiger partial charge in [0.1, 0.15) is 5.82 Å². The standard InChI is InChI=1S/C19H24FNO4S/c20-17-12-10-15(11-13-17)14-26(24,25)21-18-8-5-7-16(18)6-3-1-2-4-9-19(22)23/h1,3,7,10-13,18,21H,2,4-6,8-9,14H2,(H,22,23)/b3-1-/t18-/m0/s1. The molecule has 0 spiro atoms. The highest BCUT2D eigenvalue weighted by atomic mass is 32.2. The van der Waals surface area contributed by atoms with Gasteiger partial charge in [-0.05, 0) is 49.8 Å². The van der Waals surface area contributed by atoms with Crippen molar-refractivity contribution in [1.82, 2.24) is 4.72 Å². The van der Waals surface area contributed by atoms with Crippen LogP contribution in [-0.2, 0) is 20.6 Å². The third-order valence-corrected chi connectivity index (χ3v) is 5.54. The number of benzene rings is 1. The fourth-order valence-corrected chi connectivity index (χ4v) is 4.31. The van der Waals surface area contributed by atoms with Crippen LogP contribution < -0.4 is 4.72 Å². The van der Waals surface area contributed by atoms with Gasteiger partial charge in [-0.3, -0.25) is 4.79 Å². The van der Waals surface area contributed by atoms with Crippen LogP contribution >= 0.6 is 0 Å². The molecule has 142 valence electrons. The lowest BCUT2D eigenvalue weighted by molar-refractivity contribution is -0.137. The highest BCUT2D eigenvalue weighted by molar-refractivity contribution is 7.88. The summed E-state index contributed by atoms with van der Waals surface area (Å²) in [5, 5.41) is 8.59. The number of hydrogen-bond acceptors (Lipinski definition) is 3. The quantitative estimate of drug-likeness (QED) is 0.480. The molecule has 5 nitrogen and oxygen atoms in total. The predicted octanol–water partition coefficient (Wildman–Crippen LogP) is 3.54. The molecule has 0 saturated carbocycles. The van der Waals surface area contributed by atoms with Gasteiger partial charge in [-0.15, -0.1) is 0 Å². The lowest BCUT2D eigenvalue weighted by atomic mass is 10.1. The number of hydrogen-bond donors (Lipinski definition) is 2. The molecule has 7 heteroatoms. The Bertz CT molecular complexity index is 769. The first kappa shape index (κ1) is 20.3. The number of halogens is 1. The van der Waals surface area contributed by atoms with Gasteiger partial charge < -0.3 is 5.11 Å². The van der Waals surface area contributed by atoms with E-state index in [0.29, 0.717) is 24.8 Å². The number of sulfonamides is 1. The van der Waals surface area contributed by atoms with Gasteiger partial charge in [-0.2, -0.15) is 0 Å². The molecule has 26 heavy (non-hydrogen) atoms. The average Bonchev–Trinajstić information content (AvgIpc) is 2.98. The topological polar surface area (TPSA) is 83.5 Å². The fraction of sp³-hybridized carbons (Fsp3) is 0.421.